The fraction of sp³-hybridized carbons (Fsp3) is 0.120. The Hall–Kier alpha value is -3.66. The predicted octanol–water partition coefficient (Wildman–Crippen LogP) is 5.64. The van der Waals surface area contributed by atoms with Crippen LogP contribution in [-0.2, 0) is 0 Å². The number of nitrogens with one attached hydrogen (secondary N) is 1. The maximum atomic E-state index is 13.1. The summed E-state index contributed by atoms with van der Waals surface area (Å²) in [5.74, 6) is -0.442. The molecule has 4 aromatic rings. The maximum absolute atomic E-state index is 13.1. The SMILES string of the molecule is Cc1ccc(-c2c(C(=O)Nc3ccc(C)c(C)c3)oc(=O)c3ccccc23)cc1. The highest BCUT2D eigenvalue weighted by Crippen LogP contribution is 2.31. The van der Waals surface area contributed by atoms with E-state index in [2.05, 4.69) is 5.32 Å². The molecule has 1 heterocycles. The molecule has 0 radical (unpaired) electrons. The van der Waals surface area contributed by atoms with Crippen molar-refractivity contribution in [2.75, 3.05) is 5.32 Å². The van der Waals surface area contributed by atoms with Crippen molar-refractivity contribution in [3.8, 4) is 11.1 Å². The highest BCUT2D eigenvalue weighted by molar-refractivity contribution is 6.11. The lowest BCUT2D eigenvalue weighted by molar-refractivity contribution is 0.0994. The van der Waals surface area contributed by atoms with Crippen molar-refractivity contribution in [2.24, 2.45) is 0 Å². The number of fused-ring (bicyclic) bond motifs is 1. The van der Waals surface area contributed by atoms with Gasteiger partial charge in [0.2, 0.25) is 5.76 Å². The fourth-order valence-electron chi connectivity index (χ4n) is 3.37. The normalized spacial score (nSPS) is 10.9. The summed E-state index contributed by atoms with van der Waals surface area (Å²) in [6, 6.07) is 20.7. The van der Waals surface area contributed by atoms with E-state index < -0.39 is 11.5 Å². The third kappa shape index (κ3) is 3.57. The lowest BCUT2D eigenvalue weighted by atomic mass is 9.97. The minimum atomic E-state index is -0.526. The highest BCUT2D eigenvalue weighted by atomic mass is 16.4. The van der Waals surface area contributed by atoms with Gasteiger partial charge in [-0.2, -0.15) is 0 Å². The number of hydrogen-bond donors (Lipinski definition) is 1. The summed E-state index contributed by atoms with van der Waals surface area (Å²) >= 11 is 0. The Kier molecular flexibility index (Phi) is 4.77. The van der Waals surface area contributed by atoms with Crippen LogP contribution in [-0.4, -0.2) is 5.91 Å². The van der Waals surface area contributed by atoms with Gasteiger partial charge in [-0.25, -0.2) is 4.79 Å². The zero-order valence-electron chi connectivity index (χ0n) is 16.6. The largest absolute Gasteiger partial charge is 0.416 e. The van der Waals surface area contributed by atoms with E-state index in [4.69, 9.17) is 4.42 Å². The molecule has 1 N–H and O–H groups in total. The molecule has 0 aliphatic carbocycles. The molecular formula is C25H21NO3. The van der Waals surface area contributed by atoms with Crippen molar-refractivity contribution in [3.63, 3.8) is 0 Å². The second-order valence-electron chi connectivity index (χ2n) is 7.26. The molecule has 4 nitrogen and oxygen atoms in total. The van der Waals surface area contributed by atoms with E-state index in [0.717, 1.165) is 22.3 Å². The quantitative estimate of drug-likeness (QED) is 0.498. The molecule has 4 rings (SSSR count). The van der Waals surface area contributed by atoms with Gasteiger partial charge in [0.15, 0.2) is 0 Å². The molecule has 0 aliphatic heterocycles. The molecular weight excluding hydrogens is 362 g/mol. The van der Waals surface area contributed by atoms with Gasteiger partial charge in [0.25, 0.3) is 5.91 Å². The monoisotopic (exact) mass is 383 g/mol. The van der Waals surface area contributed by atoms with Crippen molar-refractivity contribution in [1.82, 2.24) is 0 Å². The zero-order valence-corrected chi connectivity index (χ0v) is 16.6. The Morgan fingerprint density at radius 3 is 2.21 bits per heavy atom. The van der Waals surface area contributed by atoms with E-state index in [0.29, 0.717) is 22.0 Å². The van der Waals surface area contributed by atoms with E-state index in [1.165, 1.54) is 0 Å². The first-order valence-electron chi connectivity index (χ1n) is 9.45. The summed E-state index contributed by atoms with van der Waals surface area (Å²) < 4.78 is 5.53. The van der Waals surface area contributed by atoms with Crippen LogP contribution in [0.25, 0.3) is 21.9 Å². The minimum Gasteiger partial charge on any atom is -0.416 e. The molecule has 0 bridgehead atoms. The first-order chi connectivity index (χ1) is 13.9. The van der Waals surface area contributed by atoms with Crippen LogP contribution in [0.3, 0.4) is 0 Å². The topological polar surface area (TPSA) is 59.3 Å². The lowest BCUT2D eigenvalue weighted by Crippen LogP contribution is -2.17. The van der Waals surface area contributed by atoms with Gasteiger partial charge >= 0.3 is 5.63 Å². The van der Waals surface area contributed by atoms with Gasteiger partial charge in [-0.15, -0.1) is 0 Å². The van der Waals surface area contributed by atoms with Crippen molar-refractivity contribution in [1.29, 1.82) is 0 Å². The van der Waals surface area contributed by atoms with Crippen LogP contribution in [0.5, 0.6) is 0 Å². The number of carbonyl (C=O) groups excluding carboxylic acids is 1. The summed E-state index contributed by atoms with van der Waals surface area (Å²) in [5.41, 5.74) is 4.88. The molecule has 1 aromatic heterocycles. The molecule has 144 valence electrons. The van der Waals surface area contributed by atoms with Crippen LogP contribution in [0.2, 0.25) is 0 Å². The third-order valence-corrected chi connectivity index (χ3v) is 5.15. The van der Waals surface area contributed by atoms with Gasteiger partial charge in [-0.3, -0.25) is 4.79 Å². The van der Waals surface area contributed by atoms with Crippen LogP contribution in [0.4, 0.5) is 5.69 Å². The zero-order chi connectivity index (χ0) is 20.5. The number of carbonyl (C=O) groups is 1. The third-order valence-electron chi connectivity index (χ3n) is 5.15. The Labute approximate surface area is 168 Å². The minimum absolute atomic E-state index is 0.00998. The number of aryl methyl sites for hydroxylation is 3. The fourth-order valence-corrected chi connectivity index (χ4v) is 3.37. The van der Waals surface area contributed by atoms with E-state index >= 15 is 0 Å². The number of benzene rings is 3. The number of amides is 1. The molecule has 0 aliphatic rings. The second-order valence-corrected chi connectivity index (χ2v) is 7.26. The van der Waals surface area contributed by atoms with Gasteiger partial charge < -0.3 is 9.73 Å². The summed E-state index contributed by atoms with van der Waals surface area (Å²) in [7, 11) is 0. The second kappa shape index (κ2) is 7.40. The van der Waals surface area contributed by atoms with E-state index in [-0.39, 0.29) is 5.76 Å². The molecule has 29 heavy (non-hydrogen) atoms. The molecule has 0 saturated heterocycles. The molecule has 0 spiro atoms. The van der Waals surface area contributed by atoms with Gasteiger partial charge in [0, 0.05) is 16.6 Å². The molecule has 0 fully saturated rings. The number of hydrogen-bond acceptors (Lipinski definition) is 3. The van der Waals surface area contributed by atoms with E-state index in [9.17, 15) is 9.59 Å². The molecule has 0 unspecified atom stereocenters. The maximum Gasteiger partial charge on any atom is 0.344 e. The van der Waals surface area contributed by atoms with Crippen LogP contribution in [0, 0.1) is 20.8 Å². The Morgan fingerprint density at radius 1 is 0.828 bits per heavy atom. The first-order valence-corrected chi connectivity index (χ1v) is 9.45. The van der Waals surface area contributed by atoms with Gasteiger partial charge in [-0.05, 0) is 55.7 Å². The summed E-state index contributed by atoms with van der Waals surface area (Å²) in [6.07, 6.45) is 0. The number of rotatable bonds is 3. The van der Waals surface area contributed by atoms with Crippen molar-refractivity contribution < 1.29 is 9.21 Å². The predicted molar refractivity (Wildman–Crippen MR) is 117 cm³/mol. The van der Waals surface area contributed by atoms with Gasteiger partial charge in [0.05, 0.1) is 5.39 Å². The van der Waals surface area contributed by atoms with E-state index in [1.54, 1.807) is 12.1 Å². The Bertz CT molecular complexity index is 1280. The van der Waals surface area contributed by atoms with Crippen molar-refractivity contribution in [3.05, 3.63) is 99.6 Å². The summed E-state index contributed by atoms with van der Waals surface area (Å²) in [6.45, 7) is 6.00. The van der Waals surface area contributed by atoms with Gasteiger partial charge in [-0.1, -0.05) is 54.1 Å². The van der Waals surface area contributed by atoms with Gasteiger partial charge in [0.1, 0.15) is 0 Å². The Balaban J connectivity index is 1.89. The smallest absolute Gasteiger partial charge is 0.344 e. The molecule has 4 heteroatoms. The molecule has 1 amide bonds. The summed E-state index contributed by atoms with van der Waals surface area (Å²) in [5, 5.41) is 4.01. The lowest BCUT2D eigenvalue weighted by Gasteiger charge is -2.13. The van der Waals surface area contributed by atoms with Crippen LogP contribution in [0.1, 0.15) is 27.2 Å². The molecule has 3 aromatic carbocycles. The average Bonchev–Trinajstić information content (AvgIpc) is 2.71. The van der Waals surface area contributed by atoms with Crippen molar-refractivity contribution in [2.45, 2.75) is 20.8 Å². The van der Waals surface area contributed by atoms with Crippen molar-refractivity contribution >= 4 is 22.4 Å². The molecule has 0 saturated carbocycles. The standard InChI is InChI=1S/C25H21NO3/c1-15-8-11-18(12-9-15)22-20-6-4-5-7-21(20)25(28)29-23(22)24(27)26-19-13-10-16(2)17(3)14-19/h4-14H,1-3H3,(H,26,27). The first kappa shape index (κ1) is 18.7. The van der Waals surface area contributed by atoms with Crippen LogP contribution in [0.15, 0.2) is 75.9 Å². The average molecular weight is 383 g/mol. The van der Waals surface area contributed by atoms with Crippen LogP contribution < -0.4 is 10.9 Å². The van der Waals surface area contributed by atoms with E-state index in [1.807, 2.05) is 75.4 Å². The highest BCUT2D eigenvalue weighted by Gasteiger charge is 2.21. The van der Waals surface area contributed by atoms with Crippen LogP contribution >= 0.6 is 0 Å². The summed E-state index contributed by atoms with van der Waals surface area (Å²) in [4.78, 5) is 25.7. The Morgan fingerprint density at radius 2 is 1.52 bits per heavy atom. The molecule has 0 atom stereocenters. The number of anilines is 1.